The van der Waals surface area contributed by atoms with Gasteiger partial charge in [-0.25, -0.2) is 0 Å². The summed E-state index contributed by atoms with van der Waals surface area (Å²) in [4.78, 5) is 11.8. The van der Waals surface area contributed by atoms with Crippen molar-refractivity contribution in [2.75, 3.05) is 0 Å². The second kappa shape index (κ2) is 9.40. The summed E-state index contributed by atoms with van der Waals surface area (Å²) in [6, 6.07) is 0. The second-order valence-electron chi connectivity index (χ2n) is 7.42. The van der Waals surface area contributed by atoms with E-state index in [0.717, 1.165) is 6.42 Å². The first-order valence-electron chi connectivity index (χ1n) is 8.26. The highest BCUT2D eigenvalue weighted by molar-refractivity contribution is 6.87. The molecule has 0 aliphatic heterocycles. The van der Waals surface area contributed by atoms with Crippen LogP contribution in [0.2, 0.25) is 18.1 Å². The van der Waals surface area contributed by atoms with Crippen LogP contribution in [-0.2, 0) is 4.79 Å². The summed E-state index contributed by atoms with van der Waals surface area (Å²) in [5.74, 6) is 3.06. The standard InChI is InChI=1S/C18H34OSi/c1-7-8-9-10-11-12-13-14-17(19)15-16-20(5,6)18(2,3)4/h7-14H2,1-6H3. The van der Waals surface area contributed by atoms with E-state index in [4.69, 9.17) is 0 Å². The average Bonchev–Trinajstić information content (AvgIpc) is 2.34. The molecule has 0 radical (unpaired) electrons. The van der Waals surface area contributed by atoms with Crippen LogP contribution in [0.1, 0.15) is 79.1 Å². The summed E-state index contributed by atoms with van der Waals surface area (Å²) in [6.45, 7) is 13.4. The quantitative estimate of drug-likeness (QED) is 0.316. The molecule has 0 heterocycles. The molecule has 0 aromatic rings. The number of unbranched alkanes of at least 4 members (excludes halogenated alkanes) is 6. The Labute approximate surface area is 127 Å². The van der Waals surface area contributed by atoms with E-state index in [-0.39, 0.29) is 10.8 Å². The van der Waals surface area contributed by atoms with Crippen LogP contribution < -0.4 is 0 Å². The Hall–Kier alpha value is -0.553. The van der Waals surface area contributed by atoms with Gasteiger partial charge in [0.15, 0.2) is 0 Å². The SMILES string of the molecule is CCCCCCCCCC(=O)C#C[Si](C)(C)C(C)(C)C. The van der Waals surface area contributed by atoms with Gasteiger partial charge in [-0.05, 0) is 17.4 Å². The van der Waals surface area contributed by atoms with E-state index < -0.39 is 8.07 Å². The van der Waals surface area contributed by atoms with Gasteiger partial charge in [-0.15, -0.1) is 5.54 Å². The molecule has 0 aromatic carbocycles. The van der Waals surface area contributed by atoms with Crippen LogP contribution >= 0.6 is 0 Å². The van der Waals surface area contributed by atoms with Gasteiger partial charge in [-0.1, -0.05) is 79.3 Å². The largest absolute Gasteiger partial charge is 0.285 e. The molecule has 0 aliphatic rings. The predicted octanol–water partition coefficient (Wildman–Crippen LogP) is 5.75. The number of rotatable bonds is 8. The lowest BCUT2D eigenvalue weighted by Gasteiger charge is -2.31. The Morgan fingerprint density at radius 1 is 0.950 bits per heavy atom. The van der Waals surface area contributed by atoms with Gasteiger partial charge in [0.05, 0.1) is 0 Å². The van der Waals surface area contributed by atoms with Gasteiger partial charge < -0.3 is 0 Å². The van der Waals surface area contributed by atoms with Gasteiger partial charge in [0.2, 0.25) is 5.78 Å². The third kappa shape index (κ3) is 8.58. The van der Waals surface area contributed by atoms with Crippen molar-refractivity contribution in [2.45, 2.75) is 97.2 Å². The molecule has 116 valence electrons. The molecule has 0 spiro atoms. The van der Waals surface area contributed by atoms with Gasteiger partial charge in [-0.3, -0.25) is 4.79 Å². The topological polar surface area (TPSA) is 17.1 Å². The maximum Gasteiger partial charge on any atom is 0.204 e. The Morgan fingerprint density at radius 2 is 1.45 bits per heavy atom. The van der Waals surface area contributed by atoms with E-state index in [1.165, 1.54) is 38.5 Å². The van der Waals surface area contributed by atoms with E-state index >= 15 is 0 Å². The molecule has 20 heavy (non-hydrogen) atoms. The van der Waals surface area contributed by atoms with Crippen LogP contribution in [0.15, 0.2) is 0 Å². The molecule has 0 aliphatic carbocycles. The minimum atomic E-state index is -1.62. The summed E-state index contributed by atoms with van der Waals surface area (Å²) in [6.07, 6.45) is 9.40. The lowest BCUT2D eigenvalue weighted by molar-refractivity contribution is -0.113. The Kier molecular flexibility index (Phi) is 9.14. The van der Waals surface area contributed by atoms with Crippen molar-refractivity contribution in [1.29, 1.82) is 0 Å². The summed E-state index contributed by atoms with van der Waals surface area (Å²) >= 11 is 0. The van der Waals surface area contributed by atoms with E-state index in [0.29, 0.717) is 6.42 Å². The zero-order valence-corrected chi connectivity index (χ0v) is 15.6. The molecular formula is C18H34OSi. The third-order valence-electron chi connectivity index (χ3n) is 4.40. The van der Waals surface area contributed by atoms with Gasteiger partial charge in [0, 0.05) is 6.42 Å². The van der Waals surface area contributed by atoms with Crippen molar-refractivity contribution in [3.63, 3.8) is 0 Å². The minimum Gasteiger partial charge on any atom is -0.285 e. The summed E-state index contributed by atoms with van der Waals surface area (Å²) in [5, 5.41) is 0.236. The van der Waals surface area contributed by atoms with E-state index in [1.54, 1.807) is 0 Å². The first-order chi connectivity index (χ1) is 9.20. The summed E-state index contributed by atoms with van der Waals surface area (Å²) in [7, 11) is -1.62. The molecule has 0 atom stereocenters. The van der Waals surface area contributed by atoms with Crippen LogP contribution in [0.5, 0.6) is 0 Å². The molecule has 0 saturated heterocycles. The van der Waals surface area contributed by atoms with E-state index in [9.17, 15) is 4.79 Å². The molecule has 0 bridgehead atoms. The second-order valence-corrected chi connectivity index (χ2v) is 12.4. The van der Waals surface area contributed by atoms with Crippen molar-refractivity contribution in [3.8, 4) is 11.5 Å². The number of ketones is 1. The van der Waals surface area contributed by atoms with Crippen LogP contribution in [-0.4, -0.2) is 13.9 Å². The van der Waals surface area contributed by atoms with Crippen molar-refractivity contribution < 1.29 is 4.79 Å². The monoisotopic (exact) mass is 294 g/mol. The maximum absolute atomic E-state index is 11.8. The molecule has 2 heteroatoms. The van der Waals surface area contributed by atoms with Crippen LogP contribution in [0, 0.1) is 11.5 Å². The molecule has 0 rings (SSSR count). The zero-order valence-electron chi connectivity index (χ0n) is 14.6. The van der Waals surface area contributed by atoms with Gasteiger partial charge in [0.25, 0.3) is 0 Å². The smallest absolute Gasteiger partial charge is 0.204 e. The number of hydrogen-bond donors (Lipinski definition) is 0. The summed E-state index contributed by atoms with van der Waals surface area (Å²) in [5.41, 5.74) is 3.31. The van der Waals surface area contributed by atoms with Crippen molar-refractivity contribution >= 4 is 13.9 Å². The molecule has 0 aromatic heterocycles. The fraction of sp³-hybridized carbons (Fsp3) is 0.833. The number of carbonyl (C=O) groups excluding carboxylic acids is 1. The normalized spacial score (nSPS) is 11.9. The molecule has 0 saturated carbocycles. The van der Waals surface area contributed by atoms with Crippen LogP contribution in [0.4, 0.5) is 0 Å². The summed E-state index contributed by atoms with van der Waals surface area (Å²) < 4.78 is 0. The predicted molar refractivity (Wildman–Crippen MR) is 92.6 cm³/mol. The highest BCUT2D eigenvalue weighted by Gasteiger charge is 2.33. The molecule has 0 fully saturated rings. The van der Waals surface area contributed by atoms with E-state index in [1.807, 2.05) is 0 Å². The minimum absolute atomic E-state index is 0.142. The molecule has 0 unspecified atom stereocenters. The van der Waals surface area contributed by atoms with Crippen molar-refractivity contribution in [2.24, 2.45) is 0 Å². The highest BCUT2D eigenvalue weighted by atomic mass is 28.3. The molecule has 0 amide bonds. The first kappa shape index (κ1) is 19.4. The van der Waals surface area contributed by atoms with Crippen molar-refractivity contribution in [3.05, 3.63) is 0 Å². The lowest BCUT2D eigenvalue weighted by Crippen LogP contribution is -2.35. The number of carbonyl (C=O) groups is 1. The fourth-order valence-electron chi connectivity index (χ4n) is 1.72. The average molecular weight is 295 g/mol. The Balaban J connectivity index is 3.91. The highest BCUT2D eigenvalue weighted by Crippen LogP contribution is 2.35. The van der Waals surface area contributed by atoms with Crippen LogP contribution in [0.3, 0.4) is 0 Å². The number of Topliss-reactive ketones (excluding diaryl/α,β-unsaturated/α-hetero) is 1. The molecule has 1 nitrogen and oxygen atoms in total. The molecular weight excluding hydrogens is 260 g/mol. The Morgan fingerprint density at radius 3 is 1.95 bits per heavy atom. The van der Waals surface area contributed by atoms with Gasteiger partial charge in [0.1, 0.15) is 8.07 Å². The zero-order chi connectivity index (χ0) is 15.6. The van der Waals surface area contributed by atoms with Crippen LogP contribution in [0.25, 0.3) is 0 Å². The first-order valence-corrected chi connectivity index (χ1v) is 11.3. The van der Waals surface area contributed by atoms with Gasteiger partial charge in [-0.2, -0.15) is 0 Å². The maximum atomic E-state index is 11.8. The third-order valence-corrected chi connectivity index (χ3v) is 8.90. The Bertz CT molecular complexity index is 339. The molecule has 0 N–H and O–H groups in total. The van der Waals surface area contributed by atoms with Crippen molar-refractivity contribution in [1.82, 2.24) is 0 Å². The fourth-order valence-corrected chi connectivity index (χ4v) is 2.55. The van der Waals surface area contributed by atoms with Gasteiger partial charge >= 0.3 is 0 Å². The van der Waals surface area contributed by atoms with E-state index in [2.05, 4.69) is 52.3 Å². The lowest BCUT2D eigenvalue weighted by atomic mass is 10.1. The number of hydrogen-bond acceptors (Lipinski definition) is 1.